The highest BCUT2D eigenvalue weighted by molar-refractivity contribution is 6.03. The van der Waals surface area contributed by atoms with Crippen LogP contribution in [0.1, 0.15) is 24.5 Å². The predicted octanol–water partition coefficient (Wildman–Crippen LogP) is 3.11. The number of aryl methyl sites for hydroxylation is 1. The van der Waals surface area contributed by atoms with Crippen LogP contribution in [0.5, 0.6) is 0 Å². The van der Waals surface area contributed by atoms with E-state index in [1.165, 1.54) is 0 Å². The molecule has 1 saturated heterocycles. The molecule has 1 fully saturated rings. The van der Waals surface area contributed by atoms with E-state index in [1.807, 2.05) is 37.3 Å². The summed E-state index contributed by atoms with van der Waals surface area (Å²) in [6.07, 6.45) is 1.03. The number of amides is 2. The summed E-state index contributed by atoms with van der Waals surface area (Å²) >= 11 is 0. The molecule has 5 heteroatoms. The Labute approximate surface area is 146 Å². The molecule has 2 aromatic carbocycles. The predicted molar refractivity (Wildman–Crippen MR) is 96.1 cm³/mol. The topological polar surface area (TPSA) is 73.2 Å². The van der Waals surface area contributed by atoms with E-state index in [4.69, 9.17) is 5.26 Å². The van der Waals surface area contributed by atoms with Gasteiger partial charge in [0.2, 0.25) is 11.8 Å². The monoisotopic (exact) mass is 333 g/mol. The molecule has 0 saturated carbocycles. The summed E-state index contributed by atoms with van der Waals surface area (Å²) in [5, 5.41) is 11.7. The Balaban J connectivity index is 1.73. The third kappa shape index (κ3) is 3.53. The first-order chi connectivity index (χ1) is 12.1. The van der Waals surface area contributed by atoms with Gasteiger partial charge in [-0.15, -0.1) is 0 Å². The second-order valence-corrected chi connectivity index (χ2v) is 6.07. The molecule has 0 aliphatic carbocycles. The highest BCUT2D eigenvalue weighted by Gasteiger charge is 2.35. The van der Waals surface area contributed by atoms with Crippen molar-refractivity contribution >= 4 is 23.2 Å². The fraction of sp³-hybridized carbons (Fsp3) is 0.250. The fourth-order valence-corrected chi connectivity index (χ4v) is 3.10. The van der Waals surface area contributed by atoms with Gasteiger partial charge in [-0.2, -0.15) is 5.26 Å². The minimum Gasteiger partial charge on any atom is -0.326 e. The highest BCUT2D eigenvalue weighted by Crippen LogP contribution is 2.29. The molecular formula is C20H19N3O2. The highest BCUT2D eigenvalue weighted by atomic mass is 16.2. The average Bonchev–Trinajstić information content (AvgIpc) is 3.03. The Morgan fingerprint density at radius 3 is 2.84 bits per heavy atom. The van der Waals surface area contributed by atoms with E-state index in [0.717, 1.165) is 17.7 Å². The maximum Gasteiger partial charge on any atom is 0.229 e. The number of benzene rings is 2. The Hall–Kier alpha value is -3.13. The number of nitrogens with zero attached hydrogens (tertiary/aromatic N) is 2. The third-order valence-corrected chi connectivity index (χ3v) is 4.42. The normalized spacial score (nSPS) is 16.6. The molecule has 0 spiro atoms. The van der Waals surface area contributed by atoms with Crippen molar-refractivity contribution in [1.29, 1.82) is 5.26 Å². The van der Waals surface area contributed by atoms with Crippen LogP contribution in [0.3, 0.4) is 0 Å². The van der Waals surface area contributed by atoms with Gasteiger partial charge >= 0.3 is 0 Å². The van der Waals surface area contributed by atoms with Crippen LogP contribution in [-0.4, -0.2) is 18.4 Å². The summed E-state index contributed by atoms with van der Waals surface area (Å²) in [7, 11) is 0. The van der Waals surface area contributed by atoms with E-state index in [-0.39, 0.29) is 18.2 Å². The molecule has 1 aliphatic heterocycles. The number of anilines is 2. The van der Waals surface area contributed by atoms with E-state index >= 15 is 0 Å². The Morgan fingerprint density at radius 1 is 1.28 bits per heavy atom. The quantitative estimate of drug-likeness (QED) is 0.934. The lowest BCUT2D eigenvalue weighted by Gasteiger charge is -2.20. The van der Waals surface area contributed by atoms with Crippen molar-refractivity contribution < 1.29 is 9.59 Å². The third-order valence-electron chi connectivity index (χ3n) is 4.42. The van der Waals surface area contributed by atoms with E-state index < -0.39 is 5.92 Å². The van der Waals surface area contributed by atoms with Crippen molar-refractivity contribution in [3.8, 4) is 6.07 Å². The number of carbonyl (C=O) groups is 2. The van der Waals surface area contributed by atoms with Crippen LogP contribution in [0.25, 0.3) is 0 Å². The average molecular weight is 333 g/mol. The molecule has 0 bridgehead atoms. The van der Waals surface area contributed by atoms with E-state index in [2.05, 4.69) is 5.32 Å². The lowest BCUT2D eigenvalue weighted by Crippen LogP contribution is -2.28. The number of hydrogen-bond acceptors (Lipinski definition) is 3. The van der Waals surface area contributed by atoms with Gasteiger partial charge in [0.25, 0.3) is 0 Å². The first-order valence-corrected chi connectivity index (χ1v) is 8.31. The molecule has 126 valence electrons. The molecule has 1 heterocycles. The first kappa shape index (κ1) is 16.7. The van der Waals surface area contributed by atoms with Crippen molar-refractivity contribution in [1.82, 2.24) is 0 Å². The minimum absolute atomic E-state index is 0.0353. The van der Waals surface area contributed by atoms with E-state index in [1.54, 1.807) is 29.2 Å². The SMILES string of the molecule is CCc1ccccc1N1CC(C(=O)Nc2cccc(C#N)c2)CC1=O. The molecule has 3 rings (SSSR count). The van der Waals surface area contributed by atoms with Crippen molar-refractivity contribution in [2.75, 3.05) is 16.8 Å². The molecule has 1 atom stereocenters. The maximum atomic E-state index is 12.5. The van der Waals surface area contributed by atoms with Crippen molar-refractivity contribution in [2.45, 2.75) is 19.8 Å². The number of carbonyl (C=O) groups excluding carboxylic acids is 2. The van der Waals surface area contributed by atoms with Crippen molar-refractivity contribution in [3.63, 3.8) is 0 Å². The van der Waals surface area contributed by atoms with Crippen LogP contribution in [0.2, 0.25) is 0 Å². The Bertz CT molecular complexity index is 854. The second kappa shape index (κ2) is 7.18. The molecule has 0 aromatic heterocycles. The van der Waals surface area contributed by atoms with Gasteiger partial charge in [-0.25, -0.2) is 0 Å². The molecular weight excluding hydrogens is 314 g/mol. The van der Waals surface area contributed by atoms with Crippen molar-refractivity contribution in [3.05, 3.63) is 59.7 Å². The van der Waals surface area contributed by atoms with Crippen LogP contribution in [0, 0.1) is 17.2 Å². The van der Waals surface area contributed by atoms with Crippen LogP contribution < -0.4 is 10.2 Å². The summed E-state index contributed by atoms with van der Waals surface area (Å²) in [4.78, 5) is 26.6. The van der Waals surface area contributed by atoms with Gasteiger partial charge in [-0.05, 0) is 36.2 Å². The van der Waals surface area contributed by atoms with Crippen molar-refractivity contribution in [2.24, 2.45) is 5.92 Å². The van der Waals surface area contributed by atoms with Gasteiger partial charge in [-0.1, -0.05) is 31.2 Å². The smallest absolute Gasteiger partial charge is 0.229 e. The van der Waals surface area contributed by atoms with Gasteiger partial charge in [0.05, 0.1) is 17.6 Å². The second-order valence-electron chi connectivity index (χ2n) is 6.07. The van der Waals surface area contributed by atoms with Gasteiger partial charge in [-0.3, -0.25) is 9.59 Å². The summed E-state index contributed by atoms with van der Waals surface area (Å²) in [6, 6.07) is 16.6. The van der Waals surface area contributed by atoms with Crippen LogP contribution in [-0.2, 0) is 16.0 Å². The summed E-state index contributed by atoms with van der Waals surface area (Å²) in [6.45, 7) is 2.42. The number of hydrogen-bond donors (Lipinski definition) is 1. The van der Waals surface area contributed by atoms with Gasteiger partial charge in [0, 0.05) is 24.3 Å². The molecule has 1 N–H and O–H groups in total. The van der Waals surface area contributed by atoms with Crippen LogP contribution in [0.15, 0.2) is 48.5 Å². The van der Waals surface area contributed by atoms with Gasteiger partial charge in [0.15, 0.2) is 0 Å². The molecule has 5 nitrogen and oxygen atoms in total. The maximum absolute atomic E-state index is 12.5. The summed E-state index contributed by atoms with van der Waals surface area (Å²) < 4.78 is 0. The first-order valence-electron chi connectivity index (χ1n) is 8.31. The molecule has 0 radical (unpaired) electrons. The Kier molecular flexibility index (Phi) is 4.80. The van der Waals surface area contributed by atoms with Gasteiger partial charge < -0.3 is 10.2 Å². The zero-order chi connectivity index (χ0) is 17.8. The molecule has 25 heavy (non-hydrogen) atoms. The zero-order valence-corrected chi connectivity index (χ0v) is 14.0. The number of nitriles is 1. The summed E-state index contributed by atoms with van der Waals surface area (Å²) in [5.41, 5.74) is 3.04. The zero-order valence-electron chi connectivity index (χ0n) is 14.0. The van der Waals surface area contributed by atoms with E-state index in [0.29, 0.717) is 17.8 Å². The molecule has 1 unspecified atom stereocenters. The fourth-order valence-electron chi connectivity index (χ4n) is 3.10. The minimum atomic E-state index is -0.400. The lowest BCUT2D eigenvalue weighted by molar-refractivity contribution is -0.122. The largest absolute Gasteiger partial charge is 0.326 e. The van der Waals surface area contributed by atoms with Gasteiger partial charge in [0.1, 0.15) is 0 Å². The van der Waals surface area contributed by atoms with Crippen LogP contribution >= 0.6 is 0 Å². The van der Waals surface area contributed by atoms with E-state index in [9.17, 15) is 9.59 Å². The molecule has 2 amide bonds. The lowest BCUT2D eigenvalue weighted by atomic mass is 10.1. The summed E-state index contributed by atoms with van der Waals surface area (Å²) in [5.74, 6) is -0.630. The molecule has 2 aromatic rings. The number of rotatable bonds is 4. The number of para-hydroxylation sites is 1. The Morgan fingerprint density at radius 2 is 2.08 bits per heavy atom. The molecule has 1 aliphatic rings. The number of nitrogens with one attached hydrogen (secondary N) is 1. The standard InChI is InChI=1S/C20H19N3O2/c1-2-15-7-3-4-9-18(15)23-13-16(11-19(23)24)20(25)22-17-8-5-6-14(10-17)12-21/h3-10,16H,2,11,13H2,1H3,(H,22,25). The van der Waals surface area contributed by atoms with Crippen LogP contribution in [0.4, 0.5) is 11.4 Å².